The summed E-state index contributed by atoms with van der Waals surface area (Å²) in [4.78, 5) is 27.5. The number of hydrogen-bond acceptors (Lipinski definition) is 3. The van der Waals surface area contributed by atoms with E-state index in [1.54, 1.807) is 24.3 Å². The van der Waals surface area contributed by atoms with Crippen molar-refractivity contribution in [1.82, 2.24) is 4.98 Å². The zero-order valence-corrected chi connectivity index (χ0v) is 16.8. The molecule has 0 bridgehead atoms. The Labute approximate surface area is 167 Å². The molecule has 2 aromatic carbocycles. The van der Waals surface area contributed by atoms with Gasteiger partial charge in [0.15, 0.2) is 5.43 Å². The highest BCUT2D eigenvalue weighted by atomic mass is 35.5. The number of aromatic nitrogens is 1. The van der Waals surface area contributed by atoms with Gasteiger partial charge in [-0.05, 0) is 41.8 Å². The number of H-pyrrole nitrogens is 1. The van der Waals surface area contributed by atoms with E-state index in [0.29, 0.717) is 27.8 Å². The quantitative estimate of drug-likeness (QED) is 0.599. The van der Waals surface area contributed by atoms with Crippen molar-refractivity contribution in [1.29, 1.82) is 0 Å². The first-order valence-corrected chi connectivity index (χ1v) is 10.2. The molecule has 27 heavy (non-hydrogen) atoms. The number of aromatic amines is 1. The number of fused-ring (bicyclic) bond motifs is 1. The van der Waals surface area contributed by atoms with Crippen molar-refractivity contribution >= 4 is 45.9 Å². The molecule has 1 heterocycles. The van der Waals surface area contributed by atoms with Crippen LogP contribution in [0.5, 0.6) is 0 Å². The smallest absolute Gasteiger partial charge is 0.234 e. The van der Waals surface area contributed by atoms with Crippen LogP contribution in [0, 0.1) is 0 Å². The van der Waals surface area contributed by atoms with Gasteiger partial charge in [-0.15, -0.1) is 11.8 Å². The van der Waals surface area contributed by atoms with Crippen molar-refractivity contribution < 1.29 is 4.79 Å². The van der Waals surface area contributed by atoms with Crippen molar-refractivity contribution in [3.05, 3.63) is 75.0 Å². The van der Waals surface area contributed by atoms with Gasteiger partial charge in [-0.1, -0.05) is 37.6 Å². The first-order chi connectivity index (χ1) is 12.9. The molecule has 0 saturated carbocycles. The topological polar surface area (TPSA) is 62.0 Å². The lowest BCUT2D eigenvalue weighted by Gasteiger charge is -2.09. The lowest BCUT2D eigenvalue weighted by molar-refractivity contribution is -0.113. The summed E-state index contributed by atoms with van der Waals surface area (Å²) < 4.78 is 0. The number of carbonyl (C=O) groups is 1. The van der Waals surface area contributed by atoms with Crippen LogP contribution >= 0.6 is 23.4 Å². The Hall–Kier alpha value is -2.24. The fourth-order valence-corrected chi connectivity index (χ4v) is 3.66. The molecule has 2 N–H and O–H groups in total. The number of amides is 1. The van der Waals surface area contributed by atoms with Gasteiger partial charge in [0.1, 0.15) is 0 Å². The van der Waals surface area contributed by atoms with E-state index in [4.69, 9.17) is 11.6 Å². The van der Waals surface area contributed by atoms with Crippen LogP contribution in [0.15, 0.2) is 53.3 Å². The molecule has 3 rings (SSSR count). The minimum Gasteiger partial charge on any atom is -0.357 e. The summed E-state index contributed by atoms with van der Waals surface area (Å²) >= 11 is 7.39. The molecule has 0 unspecified atom stereocenters. The average Bonchev–Trinajstić information content (AvgIpc) is 2.63. The van der Waals surface area contributed by atoms with Crippen molar-refractivity contribution in [2.45, 2.75) is 25.5 Å². The lowest BCUT2D eigenvalue weighted by atomic mass is 10.0. The molecule has 6 heteroatoms. The number of benzene rings is 2. The third-order valence-electron chi connectivity index (χ3n) is 4.20. The molecule has 0 saturated heterocycles. The molecule has 0 fully saturated rings. The predicted octanol–water partition coefficient (Wildman–Crippen LogP) is 5.18. The lowest BCUT2D eigenvalue weighted by Crippen LogP contribution is -2.14. The van der Waals surface area contributed by atoms with Gasteiger partial charge >= 0.3 is 0 Å². The summed E-state index contributed by atoms with van der Waals surface area (Å²) in [6.45, 7) is 4.27. The first kappa shape index (κ1) is 19.5. The van der Waals surface area contributed by atoms with Crippen LogP contribution in [0.2, 0.25) is 5.02 Å². The highest BCUT2D eigenvalue weighted by Gasteiger charge is 2.07. The van der Waals surface area contributed by atoms with Gasteiger partial charge in [-0.3, -0.25) is 9.59 Å². The second kappa shape index (κ2) is 8.63. The zero-order chi connectivity index (χ0) is 19.4. The molecule has 1 amide bonds. The van der Waals surface area contributed by atoms with E-state index < -0.39 is 0 Å². The summed E-state index contributed by atoms with van der Waals surface area (Å²) in [5.74, 6) is 1.26. The van der Waals surface area contributed by atoms with Gasteiger partial charge in [-0.25, -0.2) is 0 Å². The normalized spacial score (nSPS) is 11.1. The SMILES string of the molecule is CC(C)c1ccc(NC(=O)CSCc2cc(=O)c3cc(Cl)ccc3[nH]2)cc1. The molecule has 140 valence electrons. The van der Waals surface area contributed by atoms with Gasteiger partial charge < -0.3 is 10.3 Å². The van der Waals surface area contributed by atoms with Crippen molar-refractivity contribution in [3.8, 4) is 0 Å². The molecule has 1 aromatic heterocycles. The summed E-state index contributed by atoms with van der Waals surface area (Å²) in [7, 11) is 0. The Morgan fingerprint density at radius 1 is 1.15 bits per heavy atom. The van der Waals surface area contributed by atoms with Crippen molar-refractivity contribution in [2.24, 2.45) is 0 Å². The number of halogens is 1. The minimum atomic E-state index is -0.0726. The molecule has 0 radical (unpaired) electrons. The van der Waals surface area contributed by atoms with Crippen LogP contribution in [-0.4, -0.2) is 16.6 Å². The van der Waals surface area contributed by atoms with E-state index in [2.05, 4.69) is 24.1 Å². The zero-order valence-electron chi connectivity index (χ0n) is 15.2. The van der Waals surface area contributed by atoms with Crippen molar-refractivity contribution in [3.63, 3.8) is 0 Å². The van der Waals surface area contributed by atoms with Gasteiger partial charge in [0.25, 0.3) is 0 Å². The van der Waals surface area contributed by atoms with E-state index in [1.807, 2.05) is 24.3 Å². The van der Waals surface area contributed by atoms with E-state index in [0.717, 1.165) is 16.9 Å². The monoisotopic (exact) mass is 400 g/mol. The van der Waals surface area contributed by atoms with Crippen LogP contribution in [0.25, 0.3) is 10.9 Å². The molecule has 0 aliphatic heterocycles. The third kappa shape index (κ3) is 5.15. The second-order valence-electron chi connectivity index (χ2n) is 6.67. The van der Waals surface area contributed by atoms with E-state index >= 15 is 0 Å². The Kier molecular flexibility index (Phi) is 6.24. The highest BCUT2D eigenvalue weighted by molar-refractivity contribution is 7.99. The maximum absolute atomic E-state index is 12.2. The molecule has 4 nitrogen and oxygen atoms in total. The van der Waals surface area contributed by atoms with Crippen LogP contribution in [0.1, 0.15) is 31.0 Å². The summed E-state index contributed by atoms with van der Waals surface area (Å²) in [6.07, 6.45) is 0. The molecule has 0 atom stereocenters. The number of carbonyl (C=O) groups excluding carboxylic acids is 1. The van der Waals surface area contributed by atoms with Crippen LogP contribution in [-0.2, 0) is 10.5 Å². The maximum atomic E-state index is 12.2. The Morgan fingerprint density at radius 2 is 1.89 bits per heavy atom. The van der Waals surface area contributed by atoms with Gasteiger partial charge in [-0.2, -0.15) is 0 Å². The number of nitrogens with one attached hydrogen (secondary N) is 2. The number of thioether (sulfide) groups is 1. The van der Waals surface area contributed by atoms with Gasteiger partial charge in [0, 0.05) is 39.1 Å². The summed E-state index contributed by atoms with van der Waals surface area (Å²) in [5.41, 5.74) is 3.49. The Morgan fingerprint density at radius 3 is 2.59 bits per heavy atom. The number of pyridine rings is 1. The summed E-state index contributed by atoms with van der Waals surface area (Å²) in [6, 6.07) is 14.7. The number of hydrogen-bond donors (Lipinski definition) is 2. The summed E-state index contributed by atoms with van der Waals surface area (Å²) in [5, 5.41) is 4.00. The third-order valence-corrected chi connectivity index (χ3v) is 5.42. The predicted molar refractivity (Wildman–Crippen MR) is 115 cm³/mol. The van der Waals surface area contributed by atoms with E-state index in [9.17, 15) is 9.59 Å². The average molecular weight is 401 g/mol. The number of rotatable bonds is 6. The van der Waals surface area contributed by atoms with E-state index in [-0.39, 0.29) is 11.3 Å². The standard InChI is InChI=1S/C21H21ClN2O2S/c1-13(2)14-3-6-16(7-4-14)24-21(26)12-27-11-17-10-20(25)18-9-15(22)5-8-19(18)23-17/h3-10,13H,11-12H2,1-2H3,(H,23,25)(H,24,26). The molecular formula is C21H21ClN2O2S. The van der Waals surface area contributed by atoms with Crippen LogP contribution in [0.4, 0.5) is 5.69 Å². The fraction of sp³-hybridized carbons (Fsp3) is 0.238. The fourth-order valence-electron chi connectivity index (χ4n) is 2.75. The van der Waals surface area contributed by atoms with Gasteiger partial charge in [0.2, 0.25) is 5.91 Å². The van der Waals surface area contributed by atoms with Gasteiger partial charge in [0.05, 0.1) is 5.75 Å². The highest BCUT2D eigenvalue weighted by Crippen LogP contribution is 2.19. The Balaban J connectivity index is 1.56. The molecule has 0 aliphatic carbocycles. The number of anilines is 1. The largest absolute Gasteiger partial charge is 0.357 e. The molecule has 0 spiro atoms. The molecule has 3 aromatic rings. The molecular weight excluding hydrogens is 380 g/mol. The first-order valence-electron chi connectivity index (χ1n) is 8.71. The maximum Gasteiger partial charge on any atom is 0.234 e. The minimum absolute atomic E-state index is 0.0628. The van der Waals surface area contributed by atoms with Crippen molar-refractivity contribution in [2.75, 3.05) is 11.1 Å². The van der Waals surface area contributed by atoms with E-state index in [1.165, 1.54) is 17.3 Å². The molecule has 0 aliphatic rings. The van der Waals surface area contributed by atoms with Crippen LogP contribution < -0.4 is 10.7 Å². The second-order valence-corrected chi connectivity index (χ2v) is 8.09. The van der Waals surface area contributed by atoms with Crippen LogP contribution in [0.3, 0.4) is 0 Å². The Bertz CT molecular complexity index is 1010.